The highest BCUT2D eigenvalue weighted by atomic mass is 16.5. The van der Waals surface area contributed by atoms with Crippen molar-refractivity contribution < 1.29 is 9.47 Å². The van der Waals surface area contributed by atoms with Crippen LogP contribution in [0.4, 0.5) is 5.95 Å². The molecule has 2 aliphatic rings. The summed E-state index contributed by atoms with van der Waals surface area (Å²) in [5.74, 6) is 0.772. The van der Waals surface area contributed by atoms with E-state index in [2.05, 4.69) is 36.2 Å². The van der Waals surface area contributed by atoms with Gasteiger partial charge < -0.3 is 18.9 Å². The molecule has 0 aliphatic carbocycles. The molecule has 0 amide bonds. The molecule has 2 fully saturated rings. The van der Waals surface area contributed by atoms with Crippen molar-refractivity contribution in [3.8, 4) is 11.3 Å². The Labute approximate surface area is 160 Å². The maximum absolute atomic E-state index is 5.47. The molecule has 4 heterocycles. The van der Waals surface area contributed by atoms with Crippen LogP contribution < -0.4 is 4.90 Å². The fraction of sp³-hybridized carbons (Fsp3) is 0.632. The third kappa shape index (κ3) is 4.28. The SMILES string of the molecule is CC[C@@H](CN1CCOCC1)n1cncc1-c1cnc(N2CCOCC2)nc1. The van der Waals surface area contributed by atoms with Crippen LogP contribution in [0.1, 0.15) is 19.4 Å². The summed E-state index contributed by atoms with van der Waals surface area (Å²) in [5, 5.41) is 0. The van der Waals surface area contributed by atoms with Gasteiger partial charge in [-0.3, -0.25) is 4.90 Å². The van der Waals surface area contributed by atoms with Gasteiger partial charge in [0.2, 0.25) is 5.95 Å². The molecule has 0 saturated carbocycles. The van der Waals surface area contributed by atoms with Gasteiger partial charge in [-0.25, -0.2) is 15.0 Å². The van der Waals surface area contributed by atoms with Crippen LogP contribution in [0.25, 0.3) is 11.3 Å². The van der Waals surface area contributed by atoms with Gasteiger partial charge in [0.05, 0.1) is 44.6 Å². The van der Waals surface area contributed by atoms with Gasteiger partial charge in [-0.2, -0.15) is 0 Å². The van der Waals surface area contributed by atoms with E-state index in [9.17, 15) is 0 Å². The first-order valence-electron chi connectivity index (χ1n) is 9.82. The second-order valence-electron chi connectivity index (χ2n) is 7.03. The molecular weight excluding hydrogens is 344 g/mol. The zero-order valence-corrected chi connectivity index (χ0v) is 16.0. The molecule has 0 bridgehead atoms. The molecule has 0 N–H and O–H groups in total. The van der Waals surface area contributed by atoms with Crippen LogP contribution in [0.3, 0.4) is 0 Å². The maximum Gasteiger partial charge on any atom is 0.225 e. The van der Waals surface area contributed by atoms with Gasteiger partial charge in [-0.05, 0) is 6.42 Å². The summed E-state index contributed by atoms with van der Waals surface area (Å²) in [6.45, 7) is 10.0. The van der Waals surface area contributed by atoms with E-state index < -0.39 is 0 Å². The first-order chi connectivity index (χ1) is 13.3. The smallest absolute Gasteiger partial charge is 0.225 e. The van der Waals surface area contributed by atoms with Crippen molar-refractivity contribution in [1.82, 2.24) is 24.4 Å². The van der Waals surface area contributed by atoms with Crippen molar-refractivity contribution in [2.75, 3.05) is 64.1 Å². The molecule has 27 heavy (non-hydrogen) atoms. The Morgan fingerprint density at radius 3 is 2.30 bits per heavy atom. The lowest BCUT2D eigenvalue weighted by Crippen LogP contribution is -2.39. The van der Waals surface area contributed by atoms with Crippen LogP contribution in [-0.4, -0.2) is 83.6 Å². The largest absolute Gasteiger partial charge is 0.379 e. The van der Waals surface area contributed by atoms with E-state index in [1.54, 1.807) is 0 Å². The first kappa shape index (κ1) is 18.3. The predicted molar refractivity (Wildman–Crippen MR) is 103 cm³/mol. The minimum atomic E-state index is 0.375. The lowest BCUT2D eigenvalue weighted by Gasteiger charge is -2.31. The number of hydrogen-bond donors (Lipinski definition) is 0. The van der Waals surface area contributed by atoms with Crippen molar-refractivity contribution >= 4 is 5.95 Å². The van der Waals surface area contributed by atoms with Crippen LogP contribution in [0.5, 0.6) is 0 Å². The molecule has 2 aromatic heterocycles. The van der Waals surface area contributed by atoms with Crippen LogP contribution in [0, 0.1) is 0 Å². The van der Waals surface area contributed by atoms with E-state index in [-0.39, 0.29) is 0 Å². The van der Waals surface area contributed by atoms with Crippen LogP contribution in [-0.2, 0) is 9.47 Å². The molecule has 0 spiro atoms. The van der Waals surface area contributed by atoms with E-state index in [4.69, 9.17) is 9.47 Å². The Kier molecular flexibility index (Phi) is 5.96. The van der Waals surface area contributed by atoms with Crippen molar-refractivity contribution in [1.29, 1.82) is 0 Å². The number of rotatable bonds is 6. The van der Waals surface area contributed by atoms with Gasteiger partial charge in [0, 0.05) is 56.7 Å². The zero-order valence-electron chi connectivity index (χ0n) is 16.0. The Balaban J connectivity index is 1.50. The van der Waals surface area contributed by atoms with Crippen molar-refractivity contribution in [2.24, 2.45) is 0 Å². The second-order valence-corrected chi connectivity index (χ2v) is 7.03. The summed E-state index contributed by atoms with van der Waals surface area (Å²) >= 11 is 0. The summed E-state index contributed by atoms with van der Waals surface area (Å²) in [6.07, 6.45) is 8.71. The highest BCUT2D eigenvalue weighted by Crippen LogP contribution is 2.25. The van der Waals surface area contributed by atoms with Crippen molar-refractivity contribution in [2.45, 2.75) is 19.4 Å². The average Bonchev–Trinajstić information content (AvgIpc) is 3.23. The number of imidazole rings is 1. The van der Waals surface area contributed by atoms with Crippen molar-refractivity contribution in [3.63, 3.8) is 0 Å². The third-order valence-corrected chi connectivity index (χ3v) is 5.33. The normalized spacial score (nSPS) is 20.0. The molecule has 2 saturated heterocycles. The predicted octanol–water partition coefficient (Wildman–Crippen LogP) is 1.46. The van der Waals surface area contributed by atoms with Crippen LogP contribution >= 0.6 is 0 Å². The number of anilines is 1. The number of nitrogens with zero attached hydrogens (tertiary/aromatic N) is 6. The Morgan fingerprint density at radius 1 is 0.963 bits per heavy atom. The standard InChI is InChI=1S/C19H28N6O2/c1-2-17(14-23-3-7-26-8-4-23)25-15-20-13-18(25)16-11-21-19(22-12-16)24-5-9-27-10-6-24/h11-13,15,17H,2-10,14H2,1H3/t17-/m0/s1. The minimum Gasteiger partial charge on any atom is -0.379 e. The van der Waals surface area contributed by atoms with E-state index >= 15 is 0 Å². The van der Waals surface area contributed by atoms with E-state index in [1.807, 2.05) is 24.9 Å². The quantitative estimate of drug-likeness (QED) is 0.760. The Bertz CT molecular complexity index is 707. The highest BCUT2D eigenvalue weighted by molar-refractivity contribution is 5.57. The summed E-state index contributed by atoms with van der Waals surface area (Å²) in [6, 6.07) is 0.375. The van der Waals surface area contributed by atoms with E-state index in [1.165, 1.54) is 0 Å². The van der Waals surface area contributed by atoms with Crippen LogP contribution in [0.2, 0.25) is 0 Å². The van der Waals surface area contributed by atoms with E-state index in [0.717, 1.165) is 82.8 Å². The molecule has 2 aromatic rings. The van der Waals surface area contributed by atoms with Crippen molar-refractivity contribution in [3.05, 3.63) is 24.9 Å². The van der Waals surface area contributed by atoms with Gasteiger partial charge in [-0.1, -0.05) is 6.92 Å². The number of aromatic nitrogens is 4. The average molecular weight is 372 g/mol. The fourth-order valence-corrected chi connectivity index (χ4v) is 3.69. The van der Waals surface area contributed by atoms with Gasteiger partial charge in [0.1, 0.15) is 0 Å². The summed E-state index contributed by atoms with van der Waals surface area (Å²) in [7, 11) is 0. The topological polar surface area (TPSA) is 68.5 Å². The Hall–Kier alpha value is -2.03. The molecule has 2 aliphatic heterocycles. The second kappa shape index (κ2) is 8.77. The lowest BCUT2D eigenvalue weighted by molar-refractivity contribution is 0.0313. The van der Waals surface area contributed by atoms with E-state index in [0.29, 0.717) is 6.04 Å². The molecule has 0 aromatic carbocycles. The molecule has 146 valence electrons. The molecule has 1 atom stereocenters. The lowest BCUT2D eigenvalue weighted by atomic mass is 10.1. The molecule has 4 rings (SSSR count). The van der Waals surface area contributed by atoms with Gasteiger partial charge in [0.25, 0.3) is 0 Å². The molecule has 8 heteroatoms. The number of ether oxygens (including phenoxy) is 2. The molecule has 0 unspecified atom stereocenters. The molecule has 8 nitrogen and oxygen atoms in total. The minimum absolute atomic E-state index is 0.375. The van der Waals surface area contributed by atoms with Crippen LogP contribution in [0.15, 0.2) is 24.9 Å². The Morgan fingerprint density at radius 2 is 1.63 bits per heavy atom. The zero-order chi connectivity index (χ0) is 18.5. The highest BCUT2D eigenvalue weighted by Gasteiger charge is 2.20. The molecule has 0 radical (unpaired) electrons. The van der Waals surface area contributed by atoms with Gasteiger partial charge in [0.15, 0.2) is 0 Å². The first-order valence-corrected chi connectivity index (χ1v) is 9.82. The van der Waals surface area contributed by atoms with Gasteiger partial charge >= 0.3 is 0 Å². The summed E-state index contributed by atoms with van der Waals surface area (Å²) in [4.78, 5) is 18.2. The van der Waals surface area contributed by atoms with Gasteiger partial charge in [-0.15, -0.1) is 0 Å². The number of morpholine rings is 2. The monoisotopic (exact) mass is 372 g/mol. The molecular formula is C19H28N6O2. The summed E-state index contributed by atoms with van der Waals surface area (Å²) < 4.78 is 13.1. The number of hydrogen-bond acceptors (Lipinski definition) is 7. The summed E-state index contributed by atoms with van der Waals surface area (Å²) in [5.41, 5.74) is 2.08. The maximum atomic E-state index is 5.47. The third-order valence-electron chi connectivity index (χ3n) is 5.33. The fourth-order valence-electron chi connectivity index (χ4n) is 3.69.